The van der Waals surface area contributed by atoms with Crippen LogP contribution in [0.4, 0.5) is 0 Å². The second-order valence-corrected chi connectivity index (χ2v) is 6.37. The maximum atomic E-state index is 2.44. The average molecular weight is 215 g/mol. The summed E-state index contributed by atoms with van der Waals surface area (Å²) in [5, 5.41) is 0. The highest BCUT2D eigenvalue weighted by Gasteiger charge is 2.54. The molecule has 1 heteroatoms. The van der Waals surface area contributed by atoms with Crippen LogP contribution >= 0.6 is 0 Å². The first-order valence-electron chi connectivity index (χ1n) is 6.29. The quantitative estimate of drug-likeness (QED) is 0.648. The van der Waals surface area contributed by atoms with Gasteiger partial charge in [0, 0.05) is 20.3 Å². The van der Waals surface area contributed by atoms with Gasteiger partial charge in [0.25, 0.3) is 0 Å². The topological polar surface area (TPSA) is 3.24 Å². The molecule has 2 unspecified atom stereocenters. The highest BCUT2D eigenvalue weighted by molar-refractivity contribution is 5.56. The summed E-state index contributed by atoms with van der Waals surface area (Å²) in [6.45, 7) is 4.88. The molecule has 4 aliphatic carbocycles. The van der Waals surface area contributed by atoms with Gasteiger partial charge in [-0.2, -0.15) is 0 Å². The van der Waals surface area contributed by atoms with Gasteiger partial charge in [-0.3, -0.25) is 0 Å². The summed E-state index contributed by atoms with van der Waals surface area (Å²) in [4.78, 5) is 2.14. The Balaban J connectivity index is 1.95. The zero-order valence-electron chi connectivity index (χ0n) is 10.7. The molecule has 0 aromatic heterocycles. The number of hydrogen-bond acceptors (Lipinski definition) is 1. The fourth-order valence-electron chi connectivity index (χ4n) is 3.63. The predicted molar refractivity (Wildman–Crippen MR) is 67.9 cm³/mol. The Bertz CT molecular complexity index is 421. The van der Waals surface area contributed by atoms with Gasteiger partial charge in [0.05, 0.1) is 0 Å². The minimum Gasteiger partial charge on any atom is -0.383 e. The van der Waals surface area contributed by atoms with Crippen molar-refractivity contribution in [3.63, 3.8) is 0 Å². The Hall–Kier alpha value is -0.980. The van der Waals surface area contributed by atoms with Crippen molar-refractivity contribution in [1.29, 1.82) is 0 Å². The van der Waals surface area contributed by atoms with Gasteiger partial charge in [0.15, 0.2) is 0 Å². The van der Waals surface area contributed by atoms with Crippen molar-refractivity contribution in [2.75, 3.05) is 14.1 Å². The zero-order valence-corrected chi connectivity index (χ0v) is 10.7. The second-order valence-electron chi connectivity index (χ2n) is 6.37. The van der Waals surface area contributed by atoms with Crippen molar-refractivity contribution in [3.05, 3.63) is 35.1 Å². The lowest BCUT2D eigenvalue weighted by Crippen LogP contribution is -2.49. The SMILES string of the molecule is CN(C)/C=C1/C=C2CC3CC(C2=C1)C3(C)C. The van der Waals surface area contributed by atoms with Gasteiger partial charge in [-0.15, -0.1) is 0 Å². The molecule has 1 nitrogen and oxygen atoms in total. The Kier molecular flexibility index (Phi) is 1.93. The molecule has 4 aliphatic rings. The van der Waals surface area contributed by atoms with Gasteiger partial charge in [0.1, 0.15) is 0 Å². The number of hydrogen-bond donors (Lipinski definition) is 0. The molecule has 0 spiro atoms. The van der Waals surface area contributed by atoms with E-state index < -0.39 is 0 Å². The van der Waals surface area contributed by atoms with Crippen molar-refractivity contribution in [2.24, 2.45) is 17.3 Å². The Morgan fingerprint density at radius 2 is 2.06 bits per heavy atom. The first kappa shape index (κ1) is 10.2. The van der Waals surface area contributed by atoms with Crippen molar-refractivity contribution in [1.82, 2.24) is 4.90 Å². The van der Waals surface area contributed by atoms with E-state index in [1.54, 1.807) is 11.1 Å². The molecule has 0 saturated heterocycles. The standard InChI is InChI=1S/C15H21N/c1-15(2)12-7-11-5-10(9-16(3)4)6-13(11)14(15)8-12/h5-6,9,12,14H,7-8H2,1-4H3/b10-9-. The molecule has 3 saturated carbocycles. The Morgan fingerprint density at radius 1 is 1.31 bits per heavy atom. The molecule has 0 radical (unpaired) electrons. The van der Waals surface area contributed by atoms with Crippen LogP contribution in [0.3, 0.4) is 0 Å². The van der Waals surface area contributed by atoms with E-state index in [-0.39, 0.29) is 0 Å². The molecule has 2 atom stereocenters. The van der Waals surface area contributed by atoms with Gasteiger partial charge in [-0.25, -0.2) is 0 Å². The molecule has 2 bridgehead atoms. The molecule has 0 aliphatic heterocycles. The van der Waals surface area contributed by atoms with E-state index in [1.165, 1.54) is 18.4 Å². The normalized spacial score (nSPS) is 36.4. The third-order valence-electron chi connectivity index (χ3n) is 4.75. The van der Waals surface area contributed by atoms with E-state index in [2.05, 4.69) is 51.2 Å². The summed E-state index contributed by atoms with van der Waals surface area (Å²) in [5.41, 5.74) is 5.20. The molecular weight excluding hydrogens is 194 g/mol. The summed E-state index contributed by atoms with van der Waals surface area (Å²) < 4.78 is 0. The van der Waals surface area contributed by atoms with Crippen LogP contribution in [0.5, 0.6) is 0 Å². The van der Waals surface area contributed by atoms with E-state index in [1.807, 2.05) is 0 Å². The molecule has 0 amide bonds. The summed E-state index contributed by atoms with van der Waals surface area (Å²) in [5.74, 6) is 1.75. The van der Waals surface area contributed by atoms with Crippen molar-refractivity contribution >= 4 is 0 Å². The van der Waals surface area contributed by atoms with Gasteiger partial charge in [-0.1, -0.05) is 13.8 Å². The summed E-state index contributed by atoms with van der Waals surface area (Å²) >= 11 is 0. The van der Waals surface area contributed by atoms with E-state index >= 15 is 0 Å². The summed E-state index contributed by atoms with van der Waals surface area (Å²) in [7, 11) is 4.19. The van der Waals surface area contributed by atoms with Crippen LogP contribution in [-0.2, 0) is 0 Å². The number of rotatable bonds is 1. The van der Waals surface area contributed by atoms with E-state index in [0.717, 1.165) is 11.8 Å². The first-order valence-corrected chi connectivity index (χ1v) is 6.29. The molecule has 0 aromatic carbocycles. The lowest BCUT2D eigenvalue weighted by molar-refractivity contribution is -0.0107. The lowest BCUT2D eigenvalue weighted by atomic mass is 9.47. The molecule has 0 aromatic rings. The molecule has 4 rings (SSSR count). The van der Waals surface area contributed by atoms with E-state index in [0.29, 0.717) is 5.41 Å². The first-order chi connectivity index (χ1) is 7.48. The summed E-state index contributed by atoms with van der Waals surface area (Å²) in [6.07, 6.45) is 9.76. The molecular formula is C15H21N. The van der Waals surface area contributed by atoms with Crippen LogP contribution in [0.1, 0.15) is 26.7 Å². The minimum absolute atomic E-state index is 0.552. The Morgan fingerprint density at radius 3 is 2.69 bits per heavy atom. The van der Waals surface area contributed by atoms with Crippen LogP contribution in [-0.4, -0.2) is 19.0 Å². The predicted octanol–water partition coefficient (Wildman–Crippen LogP) is 3.36. The van der Waals surface area contributed by atoms with Crippen molar-refractivity contribution in [2.45, 2.75) is 26.7 Å². The molecule has 86 valence electrons. The average Bonchev–Trinajstić information content (AvgIpc) is 2.57. The highest BCUT2D eigenvalue weighted by Crippen LogP contribution is 2.64. The van der Waals surface area contributed by atoms with E-state index in [4.69, 9.17) is 0 Å². The number of nitrogens with zero attached hydrogens (tertiary/aromatic N) is 1. The molecule has 0 N–H and O–H groups in total. The van der Waals surface area contributed by atoms with E-state index in [9.17, 15) is 0 Å². The summed E-state index contributed by atoms with van der Waals surface area (Å²) in [6, 6.07) is 0. The highest BCUT2D eigenvalue weighted by atomic mass is 15.0. The maximum Gasteiger partial charge on any atom is 0.00588 e. The zero-order chi connectivity index (χ0) is 11.5. The fourth-order valence-corrected chi connectivity index (χ4v) is 3.63. The molecule has 0 heterocycles. The van der Waals surface area contributed by atoms with Crippen LogP contribution in [0.2, 0.25) is 0 Å². The smallest absolute Gasteiger partial charge is 0.00588 e. The molecule has 16 heavy (non-hydrogen) atoms. The monoisotopic (exact) mass is 215 g/mol. The fraction of sp³-hybridized carbons (Fsp3) is 0.600. The maximum absolute atomic E-state index is 2.44. The van der Waals surface area contributed by atoms with Crippen LogP contribution in [0.25, 0.3) is 0 Å². The van der Waals surface area contributed by atoms with Crippen molar-refractivity contribution in [3.8, 4) is 0 Å². The third kappa shape index (κ3) is 1.24. The minimum atomic E-state index is 0.552. The van der Waals surface area contributed by atoms with Crippen LogP contribution in [0.15, 0.2) is 35.1 Å². The largest absolute Gasteiger partial charge is 0.383 e. The van der Waals surface area contributed by atoms with Gasteiger partial charge >= 0.3 is 0 Å². The van der Waals surface area contributed by atoms with Crippen LogP contribution < -0.4 is 0 Å². The lowest BCUT2D eigenvalue weighted by Gasteiger charge is -2.58. The van der Waals surface area contributed by atoms with Crippen LogP contribution in [0, 0.1) is 17.3 Å². The molecule has 3 fully saturated rings. The van der Waals surface area contributed by atoms with Gasteiger partial charge < -0.3 is 4.90 Å². The Labute approximate surface area is 98.5 Å². The second kappa shape index (κ2) is 3.03. The number of allylic oxidation sites excluding steroid dienone is 5. The third-order valence-corrected chi connectivity index (χ3v) is 4.75. The van der Waals surface area contributed by atoms with Gasteiger partial charge in [0.2, 0.25) is 0 Å². The van der Waals surface area contributed by atoms with Gasteiger partial charge in [-0.05, 0) is 59.0 Å². The van der Waals surface area contributed by atoms with Crippen molar-refractivity contribution < 1.29 is 0 Å².